The molecule has 1 aliphatic heterocycles. The Morgan fingerprint density at radius 1 is 1.40 bits per heavy atom. The zero-order valence-electron chi connectivity index (χ0n) is 8.01. The molecule has 1 saturated heterocycles. The van der Waals surface area contributed by atoms with Gasteiger partial charge in [0.2, 0.25) is 0 Å². The normalized spacial score (nSPS) is 29.7. The molecular weight excluding hydrogens is 204 g/mol. The zero-order valence-corrected chi connectivity index (χ0v) is 8.01. The van der Waals surface area contributed by atoms with E-state index in [4.69, 9.17) is 15.9 Å². The lowest BCUT2D eigenvalue weighted by Gasteiger charge is -2.32. The van der Waals surface area contributed by atoms with E-state index >= 15 is 0 Å². The van der Waals surface area contributed by atoms with Crippen molar-refractivity contribution in [2.24, 2.45) is 5.73 Å². The summed E-state index contributed by atoms with van der Waals surface area (Å²) in [5.41, 5.74) is 3.58. The Labute approximate surface area is 85.9 Å². The lowest BCUT2D eigenvalue weighted by molar-refractivity contribution is -0.153. The maximum Gasteiger partial charge on any atom is 0.326 e. The summed E-state index contributed by atoms with van der Waals surface area (Å²) >= 11 is 0. The monoisotopic (exact) mass is 218 g/mol. The van der Waals surface area contributed by atoms with E-state index in [2.05, 4.69) is 5.32 Å². The molecule has 0 saturated carbocycles. The van der Waals surface area contributed by atoms with Crippen LogP contribution in [0.2, 0.25) is 0 Å². The molecule has 6 N–H and O–H groups in total. The van der Waals surface area contributed by atoms with E-state index in [9.17, 15) is 14.7 Å². The lowest BCUT2D eigenvalue weighted by Crippen LogP contribution is -2.64. The van der Waals surface area contributed by atoms with Crippen LogP contribution in [0, 0.1) is 0 Å². The van der Waals surface area contributed by atoms with E-state index in [-0.39, 0.29) is 6.42 Å². The first kappa shape index (κ1) is 11.9. The third-order valence-corrected chi connectivity index (χ3v) is 2.70. The van der Waals surface area contributed by atoms with Gasteiger partial charge in [0.25, 0.3) is 0 Å². The van der Waals surface area contributed by atoms with Crippen molar-refractivity contribution in [1.82, 2.24) is 5.32 Å². The molecule has 1 rings (SSSR count). The largest absolute Gasteiger partial charge is 0.480 e. The van der Waals surface area contributed by atoms with Gasteiger partial charge in [0.05, 0.1) is 0 Å². The first-order valence-electron chi connectivity index (χ1n) is 4.56. The van der Waals surface area contributed by atoms with Crippen molar-refractivity contribution in [2.75, 3.05) is 6.54 Å². The van der Waals surface area contributed by atoms with Crippen LogP contribution in [0.25, 0.3) is 0 Å². The number of carbonyl (C=O) groups is 2. The van der Waals surface area contributed by atoms with Crippen LogP contribution in [0.4, 0.5) is 0 Å². The van der Waals surface area contributed by atoms with Crippen LogP contribution in [-0.2, 0) is 9.59 Å². The van der Waals surface area contributed by atoms with E-state index in [1.807, 2.05) is 0 Å². The van der Waals surface area contributed by atoms with Gasteiger partial charge in [-0.2, -0.15) is 0 Å². The Kier molecular flexibility index (Phi) is 3.28. The summed E-state index contributed by atoms with van der Waals surface area (Å²) in [6, 6.07) is -1.60. The first-order valence-corrected chi connectivity index (χ1v) is 4.56. The number of aliphatic hydroxyl groups is 1. The minimum absolute atomic E-state index is 0.171. The second-order valence-electron chi connectivity index (χ2n) is 3.62. The van der Waals surface area contributed by atoms with E-state index in [0.717, 1.165) is 0 Å². The predicted molar refractivity (Wildman–Crippen MR) is 49.2 cm³/mol. The quantitative estimate of drug-likeness (QED) is 0.367. The molecule has 0 bridgehead atoms. The smallest absolute Gasteiger partial charge is 0.326 e. The summed E-state index contributed by atoms with van der Waals surface area (Å²) in [7, 11) is 0. The topological polar surface area (TPSA) is 133 Å². The Morgan fingerprint density at radius 3 is 2.33 bits per heavy atom. The molecule has 1 heterocycles. The van der Waals surface area contributed by atoms with Crippen molar-refractivity contribution in [2.45, 2.75) is 30.5 Å². The summed E-state index contributed by atoms with van der Waals surface area (Å²) < 4.78 is 0. The van der Waals surface area contributed by atoms with Gasteiger partial charge in [-0.05, 0) is 19.4 Å². The standard InChI is InChI=1S/C8H14N2O5/c9-4(6(12)13)5(11)8(7(14)15)2-1-3-10-8/h4-5,10-11H,1-3,9H2,(H,12,13)(H,14,15)/t4-,5+,8-/m1/s1. The van der Waals surface area contributed by atoms with Crippen molar-refractivity contribution in [1.29, 1.82) is 0 Å². The van der Waals surface area contributed by atoms with Gasteiger partial charge in [0, 0.05) is 0 Å². The SMILES string of the molecule is N[C@@H](C(=O)O)[C@H](O)[C@@]1(C(=O)O)CCCN1. The molecule has 1 aliphatic rings. The Hall–Kier alpha value is -1.18. The summed E-state index contributed by atoms with van der Waals surface area (Å²) in [5, 5.41) is 29.9. The molecule has 0 aliphatic carbocycles. The highest BCUT2D eigenvalue weighted by Crippen LogP contribution is 2.25. The fourth-order valence-corrected chi connectivity index (χ4v) is 1.77. The fraction of sp³-hybridized carbons (Fsp3) is 0.750. The van der Waals surface area contributed by atoms with E-state index in [1.165, 1.54) is 0 Å². The highest BCUT2D eigenvalue weighted by atomic mass is 16.4. The Morgan fingerprint density at radius 2 is 2.00 bits per heavy atom. The first-order chi connectivity index (χ1) is 6.92. The van der Waals surface area contributed by atoms with Gasteiger partial charge in [-0.25, -0.2) is 0 Å². The average molecular weight is 218 g/mol. The van der Waals surface area contributed by atoms with Crippen molar-refractivity contribution in [3.8, 4) is 0 Å². The number of carboxylic acid groups (broad SMARTS) is 2. The van der Waals surface area contributed by atoms with E-state index < -0.39 is 29.6 Å². The van der Waals surface area contributed by atoms with E-state index in [1.54, 1.807) is 0 Å². The molecule has 7 nitrogen and oxygen atoms in total. The molecule has 0 radical (unpaired) electrons. The minimum atomic E-state index is -1.64. The number of rotatable bonds is 4. The maximum atomic E-state index is 11.0. The number of nitrogens with two attached hydrogens (primary N) is 1. The number of hydrogen-bond acceptors (Lipinski definition) is 5. The van der Waals surface area contributed by atoms with Gasteiger partial charge in [-0.15, -0.1) is 0 Å². The molecule has 0 aromatic rings. The van der Waals surface area contributed by atoms with Gasteiger partial charge in [0.15, 0.2) is 0 Å². The molecule has 3 atom stereocenters. The number of hydrogen-bond donors (Lipinski definition) is 5. The van der Waals surface area contributed by atoms with Gasteiger partial charge in [-0.3, -0.25) is 14.9 Å². The highest BCUT2D eigenvalue weighted by molar-refractivity contribution is 5.83. The van der Waals surface area contributed by atoms with Crippen LogP contribution >= 0.6 is 0 Å². The summed E-state index contributed by atoms with van der Waals surface area (Å²) in [4.78, 5) is 21.6. The zero-order chi connectivity index (χ0) is 11.6. The molecule has 15 heavy (non-hydrogen) atoms. The number of aliphatic carboxylic acids is 2. The molecule has 0 amide bonds. The molecule has 7 heteroatoms. The van der Waals surface area contributed by atoms with Crippen molar-refractivity contribution < 1.29 is 24.9 Å². The van der Waals surface area contributed by atoms with Gasteiger partial charge in [-0.1, -0.05) is 0 Å². The van der Waals surface area contributed by atoms with Crippen LogP contribution in [0.3, 0.4) is 0 Å². The van der Waals surface area contributed by atoms with E-state index in [0.29, 0.717) is 13.0 Å². The third-order valence-electron chi connectivity index (χ3n) is 2.70. The second kappa shape index (κ2) is 4.13. The molecular formula is C8H14N2O5. The molecule has 0 aromatic carbocycles. The third kappa shape index (κ3) is 1.94. The van der Waals surface area contributed by atoms with Crippen LogP contribution in [-0.4, -0.2) is 51.5 Å². The van der Waals surface area contributed by atoms with Crippen LogP contribution in [0.5, 0.6) is 0 Å². The van der Waals surface area contributed by atoms with Gasteiger partial charge < -0.3 is 21.1 Å². The van der Waals surface area contributed by atoms with Crippen LogP contribution < -0.4 is 11.1 Å². The molecule has 0 unspecified atom stereocenters. The fourth-order valence-electron chi connectivity index (χ4n) is 1.77. The molecule has 1 fully saturated rings. The molecule has 86 valence electrons. The lowest BCUT2D eigenvalue weighted by atomic mass is 9.86. The molecule has 0 aromatic heterocycles. The number of aliphatic hydroxyl groups excluding tert-OH is 1. The predicted octanol–water partition coefficient (Wildman–Crippen LogP) is -2.03. The Balaban J connectivity index is 2.90. The van der Waals surface area contributed by atoms with Crippen LogP contribution in [0.1, 0.15) is 12.8 Å². The van der Waals surface area contributed by atoms with Crippen molar-refractivity contribution in [3.63, 3.8) is 0 Å². The summed E-state index contributed by atoms with van der Waals surface area (Å²) in [6.45, 7) is 0.426. The summed E-state index contributed by atoms with van der Waals surface area (Å²) in [5.74, 6) is -2.69. The average Bonchev–Trinajstić information content (AvgIpc) is 2.65. The summed E-state index contributed by atoms with van der Waals surface area (Å²) in [6.07, 6.45) is -0.907. The minimum Gasteiger partial charge on any atom is -0.480 e. The highest BCUT2D eigenvalue weighted by Gasteiger charge is 2.51. The van der Waals surface area contributed by atoms with Gasteiger partial charge in [0.1, 0.15) is 17.7 Å². The maximum absolute atomic E-state index is 11.0. The van der Waals surface area contributed by atoms with Crippen molar-refractivity contribution in [3.05, 3.63) is 0 Å². The van der Waals surface area contributed by atoms with Crippen LogP contribution in [0.15, 0.2) is 0 Å². The Bertz CT molecular complexity index is 274. The number of nitrogens with one attached hydrogen (secondary N) is 1. The molecule has 0 spiro atoms. The second-order valence-corrected chi connectivity index (χ2v) is 3.62. The number of carboxylic acids is 2. The van der Waals surface area contributed by atoms with Crippen molar-refractivity contribution >= 4 is 11.9 Å². The van der Waals surface area contributed by atoms with Gasteiger partial charge >= 0.3 is 11.9 Å².